The molecule has 2 N–H and O–H groups in total. The number of amides is 2. The third-order valence-electron chi connectivity index (χ3n) is 7.65. The number of carbonyl (C=O) groups excluding carboxylic acids is 2. The van der Waals surface area contributed by atoms with Gasteiger partial charge in [0.25, 0.3) is 0 Å². The van der Waals surface area contributed by atoms with E-state index in [1.165, 1.54) is 0 Å². The van der Waals surface area contributed by atoms with Crippen LogP contribution in [0.25, 0.3) is 0 Å². The van der Waals surface area contributed by atoms with Crippen LogP contribution in [0.5, 0.6) is 5.75 Å². The molecule has 1 fully saturated rings. The quantitative estimate of drug-likeness (QED) is 0.460. The Morgan fingerprint density at radius 3 is 2.70 bits per heavy atom. The number of hydrogen-bond acceptors (Lipinski definition) is 8. The van der Waals surface area contributed by atoms with Gasteiger partial charge in [0.2, 0.25) is 11.8 Å². The lowest BCUT2D eigenvalue weighted by atomic mass is 10.0. The van der Waals surface area contributed by atoms with Crippen molar-refractivity contribution < 1.29 is 24.2 Å². The molecule has 1 aromatic heterocycles. The highest BCUT2D eigenvalue weighted by molar-refractivity contribution is 5.91. The number of aromatic nitrogens is 1. The summed E-state index contributed by atoms with van der Waals surface area (Å²) in [6.45, 7) is 9.47. The van der Waals surface area contributed by atoms with Crippen molar-refractivity contribution >= 4 is 17.5 Å². The molecule has 3 heterocycles. The van der Waals surface area contributed by atoms with Crippen LogP contribution in [0.15, 0.2) is 42.7 Å². The first kappa shape index (κ1) is 29.9. The molecule has 2 aliphatic rings. The first-order chi connectivity index (χ1) is 19.3. The van der Waals surface area contributed by atoms with Crippen molar-refractivity contribution in [2.24, 2.45) is 5.92 Å². The van der Waals surface area contributed by atoms with Gasteiger partial charge in [-0.15, -0.1) is 0 Å². The number of morpholine rings is 1. The number of carbonyl (C=O) groups is 2. The first-order valence-electron chi connectivity index (χ1n) is 14.2. The Bertz CT molecular complexity index is 1110. The van der Waals surface area contributed by atoms with Crippen molar-refractivity contribution in [3.05, 3.63) is 53.9 Å². The molecule has 0 radical (unpaired) electrons. The van der Waals surface area contributed by atoms with Gasteiger partial charge in [-0.25, -0.2) is 0 Å². The standard InChI is InChI=1S/C30H43N5O5/c1-22-18-35(23(2)21-36)30(38)17-25-16-26(32-29(37)8-11-34-12-14-39-15-13-34)4-5-27(25)40-28(22)20-33(3)19-24-6-9-31-10-7-24/h4-7,9-10,16,22-23,28,36H,8,11-15,17-21H2,1-3H3,(H,32,37)/t22-,23-,28-/m0/s1. The highest BCUT2D eigenvalue weighted by Gasteiger charge is 2.31. The molecule has 0 unspecified atom stereocenters. The molecule has 0 saturated carbocycles. The maximum atomic E-state index is 13.4. The molecule has 218 valence electrons. The van der Waals surface area contributed by atoms with Crippen LogP contribution in [-0.2, 0) is 27.3 Å². The van der Waals surface area contributed by atoms with Crippen LogP contribution in [-0.4, -0.2) is 108 Å². The van der Waals surface area contributed by atoms with E-state index in [2.05, 4.69) is 34.1 Å². The van der Waals surface area contributed by atoms with Gasteiger partial charge in [0.1, 0.15) is 11.9 Å². The molecule has 4 rings (SSSR count). The number of likely N-dealkylation sites (N-methyl/N-ethyl adjacent to an activating group) is 1. The molecule has 2 aliphatic heterocycles. The fourth-order valence-corrected chi connectivity index (χ4v) is 5.20. The van der Waals surface area contributed by atoms with Crippen LogP contribution < -0.4 is 10.1 Å². The monoisotopic (exact) mass is 553 g/mol. The summed E-state index contributed by atoms with van der Waals surface area (Å²) >= 11 is 0. The van der Waals surface area contributed by atoms with Crippen LogP contribution >= 0.6 is 0 Å². The minimum Gasteiger partial charge on any atom is -0.488 e. The average molecular weight is 554 g/mol. The van der Waals surface area contributed by atoms with Gasteiger partial charge < -0.3 is 24.8 Å². The van der Waals surface area contributed by atoms with Gasteiger partial charge in [-0.05, 0) is 49.9 Å². The maximum Gasteiger partial charge on any atom is 0.227 e. The van der Waals surface area contributed by atoms with E-state index < -0.39 is 0 Å². The Morgan fingerprint density at radius 2 is 1.98 bits per heavy atom. The van der Waals surface area contributed by atoms with E-state index in [1.807, 2.05) is 37.3 Å². The number of ether oxygens (including phenoxy) is 2. The molecule has 0 bridgehead atoms. The SMILES string of the molecule is C[C@H]1CN([C@@H](C)CO)C(=O)Cc2cc(NC(=O)CCN3CCOCC3)ccc2O[C@H]1CN(C)Cc1ccncc1. The summed E-state index contributed by atoms with van der Waals surface area (Å²) in [5, 5.41) is 12.9. The molecule has 10 heteroatoms. The second-order valence-corrected chi connectivity index (χ2v) is 11.0. The third-order valence-corrected chi connectivity index (χ3v) is 7.65. The molecular formula is C30H43N5O5. The van der Waals surface area contributed by atoms with Gasteiger partial charge >= 0.3 is 0 Å². The van der Waals surface area contributed by atoms with E-state index in [1.54, 1.807) is 17.3 Å². The number of aliphatic hydroxyl groups is 1. The zero-order valence-corrected chi connectivity index (χ0v) is 23.9. The lowest BCUT2D eigenvalue weighted by Crippen LogP contribution is -2.47. The Kier molecular flexibility index (Phi) is 10.9. The van der Waals surface area contributed by atoms with Crippen molar-refractivity contribution in [3.63, 3.8) is 0 Å². The smallest absolute Gasteiger partial charge is 0.227 e. The van der Waals surface area contributed by atoms with E-state index in [0.29, 0.717) is 50.7 Å². The van der Waals surface area contributed by atoms with Gasteiger partial charge in [0.05, 0.1) is 32.3 Å². The van der Waals surface area contributed by atoms with Crippen molar-refractivity contribution in [2.45, 2.75) is 45.4 Å². The van der Waals surface area contributed by atoms with Crippen LogP contribution in [0.3, 0.4) is 0 Å². The normalized spacial score (nSPS) is 21.1. The van der Waals surface area contributed by atoms with Gasteiger partial charge in [-0.3, -0.25) is 24.4 Å². The minimum atomic E-state index is -0.310. The molecule has 40 heavy (non-hydrogen) atoms. The summed E-state index contributed by atoms with van der Waals surface area (Å²) in [7, 11) is 2.05. The number of nitrogens with zero attached hydrogens (tertiary/aromatic N) is 4. The fraction of sp³-hybridized carbons (Fsp3) is 0.567. The number of hydrogen-bond donors (Lipinski definition) is 2. The average Bonchev–Trinajstić information content (AvgIpc) is 3.00. The van der Waals surface area contributed by atoms with Crippen molar-refractivity contribution in [3.8, 4) is 5.75 Å². The van der Waals surface area contributed by atoms with Crippen LogP contribution in [0.2, 0.25) is 0 Å². The lowest BCUT2D eigenvalue weighted by Gasteiger charge is -2.34. The summed E-state index contributed by atoms with van der Waals surface area (Å²) in [5.74, 6) is 0.525. The minimum absolute atomic E-state index is 0.0170. The van der Waals surface area contributed by atoms with Gasteiger partial charge in [-0.2, -0.15) is 0 Å². The summed E-state index contributed by atoms with van der Waals surface area (Å²) in [5.41, 5.74) is 2.53. The van der Waals surface area contributed by atoms with Crippen LogP contribution in [0.1, 0.15) is 31.4 Å². The molecule has 1 aromatic carbocycles. The molecular weight excluding hydrogens is 510 g/mol. The summed E-state index contributed by atoms with van der Waals surface area (Å²) in [6.07, 6.45) is 3.90. The molecule has 1 saturated heterocycles. The molecule has 0 spiro atoms. The number of fused-ring (bicyclic) bond motifs is 1. The second-order valence-electron chi connectivity index (χ2n) is 11.0. The Hall–Kier alpha value is -3.05. The predicted octanol–water partition coefficient (Wildman–Crippen LogP) is 2.02. The van der Waals surface area contributed by atoms with Crippen molar-refractivity contribution in [2.75, 3.05) is 64.9 Å². The van der Waals surface area contributed by atoms with Gasteiger partial charge in [-0.1, -0.05) is 6.92 Å². The van der Waals surface area contributed by atoms with E-state index >= 15 is 0 Å². The van der Waals surface area contributed by atoms with Gasteiger partial charge in [0, 0.05) is 75.3 Å². The molecule has 3 atom stereocenters. The Balaban J connectivity index is 1.50. The highest BCUT2D eigenvalue weighted by atomic mass is 16.5. The zero-order chi connectivity index (χ0) is 28.5. The molecule has 10 nitrogen and oxygen atoms in total. The van der Waals surface area contributed by atoms with E-state index in [9.17, 15) is 14.7 Å². The molecule has 0 aliphatic carbocycles. The van der Waals surface area contributed by atoms with E-state index in [-0.39, 0.29) is 42.9 Å². The maximum absolute atomic E-state index is 13.4. The summed E-state index contributed by atoms with van der Waals surface area (Å²) < 4.78 is 12.0. The highest BCUT2D eigenvalue weighted by Crippen LogP contribution is 2.29. The Morgan fingerprint density at radius 1 is 1.23 bits per heavy atom. The number of anilines is 1. The Labute approximate surface area is 237 Å². The number of nitrogens with one attached hydrogen (secondary N) is 1. The largest absolute Gasteiger partial charge is 0.488 e. The predicted molar refractivity (Wildman–Crippen MR) is 153 cm³/mol. The number of benzene rings is 1. The first-order valence-corrected chi connectivity index (χ1v) is 14.2. The van der Waals surface area contributed by atoms with Crippen molar-refractivity contribution in [1.29, 1.82) is 0 Å². The number of aliphatic hydroxyl groups excluding tert-OH is 1. The fourth-order valence-electron chi connectivity index (χ4n) is 5.20. The zero-order valence-electron chi connectivity index (χ0n) is 23.9. The van der Waals surface area contributed by atoms with E-state index in [0.717, 1.165) is 30.8 Å². The summed E-state index contributed by atoms with van der Waals surface area (Å²) in [6, 6.07) is 9.22. The van der Waals surface area contributed by atoms with Crippen LogP contribution in [0, 0.1) is 5.92 Å². The number of pyridine rings is 1. The second kappa shape index (κ2) is 14.5. The van der Waals surface area contributed by atoms with E-state index in [4.69, 9.17) is 9.47 Å². The third kappa shape index (κ3) is 8.47. The topological polar surface area (TPSA) is 107 Å². The molecule has 2 amide bonds. The van der Waals surface area contributed by atoms with Crippen molar-refractivity contribution in [1.82, 2.24) is 19.7 Å². The summed E-state index contributed by atoms with van der Waals surface area (Å²) in [4.78, 5) is 36.4. The lowest BCUT2D eigenvalue weighted by molar-refractivity contribution is -0.134. The number of rotatable bonds is 10. The molecule has 2 aromatic rings. The van der Waals surface area contributed by atoms with Gasteiger partial charge in [0.15, 0.2) is 0 Å². The van der Waals surface area contributed by atoms with Crippen LogP contribution in [0.4, 0.5) is 5.69 Å².